The van der Waals surface area contributed by atoms with E-state index in [0.29, 0.717) is 18.3 Å². The number of rotatable bonds is 6. The zero-order chi connectivity index (χ0) is 25.3. The van der Waals surface area contributed by atoms with Gasteiger partial charge in [-0.2, -0.15) is 0 Å². The van der Waals surface area contributed by atoms with E-state index in [0.717, 1.165) is 95.7 Å². The second-order valence-corrected chi connectivity index (χ2v) is 13.0. The van der Waals surface area contributed by atoms with Gasteiger partial charge < -0.3 is 26.2 Å². The van der Waals surface area contributed by atoms with Gasteiger partial charge in [-0.25, -0.2) is 4.79 Å². The minimum absolute atomic E-state index is 0.139. The van der Waals surface area contributed by atoms with Crippen LogP contribution in [0.2, 0.25) is 0 Å². The Morgan fingerprint density at radius 3 is 2.25 bits per heavy atom. The van der Waals surface area contributed by atoms with Gasteiger partial charge in [-0.05, 0) is 100 Å². The highest BCUT2D eigenvalue weighted by Crippen LogP contribution is 2.46. The molecule has 7 unspecified atom stereocenters. The topological polar surface area (TPSA) is 116 Å². The van der Waals surface area contributed by atoms with Gasteiger partial charge in [0.1, 0.15) is 0 Å². The van der Waals surface area contributed by atoms with Gasteiger partial charge in [0.2, 0.25) is 5.91 Å². The molecule has 2 heterocycles. The molecule has 7 heteroatoms. The highest BCUT2D eigenvalue weighted by Gasteiger charge is 2.54. The third-order valence-corrected chi connectivity index (χ3v) is 11.1. The number of carboxylic acids is 1. The first-order valence-corrected chi connectivity index (χ1v) is 15.1. The zero-order valence-corrected chi connectivity index (χ0v) is 22.1. The van der Waals surface area contributed by atoms with Crippen molar-refractivity contribution in [3.05, 3.63) is 0 Å². The van der Waals surface area contributed by atoms with Gasteiger partial charge >= 0.3 is 5.97 Å². The molecule has 0 bridgehead atoms. The number of carbonyl (C=O) groups is 2. The number of hydrogen-bond donors (Lipinski definition) is 4. The number of carbonyl (C=O) groups excluding carboxylic acids is 1. The Hall–Kier alpha value is -1.18. The molecule has 0 spiro atoms. The van der Waals surface area contributed by atoms with Crippen LogP contribution in [0, 0.1) is 35.5 Å². The molecule has 204 valence electrons. The van der Waals surface area contributed by atoms with Gasteiger partial charge in [0.05, 0.1) is 6.04 Å². The molecule has 0 radical (unpaired) electrons. The van der Waals surface area contributed by atoms with E-state index >= 15 is 0 Å². The lowest BCUT2D eigenvalue weighted by Crippen LogP contribution is -2.56. The van der Waals surface area contributed by atoms with Crippen LogP contribution in [-0.4, -0.2) is 64.3 Å². The van der Waals surface area contributed by atoms with E-state index < -0.39 is 11.6 Å². The van der Waals surface area contributed by atoms with Crippen LogP contribution in [-0.2, 0) is 9.59 Å². The van der Waals surface area contributed by atoms with Crippen molar-refractivity contribution in [1.29, 1.82) is 0 Å². The van der Waals surface area contributed by atoms with Crippen molar-refractivity contribution >= 4 is 11.9 Å². The fourth-order valence-electron chi connectivity index (χ4n) is 8.93. The van der Waals surface area contributed by atoms with Crippen molar-refractivity contribution in [3.8, 4) is 0 Å². The molecular weight excluding hydrogens is 454 g/mol. The number of piperidine rings is 1. The first kappa shape index (κ1) is 26.4. The molecule has 5 aliphatic rings. The molecule has 0 aromatic heterocycles. The smallest absolute Gasteiger partial charge is 0.336 e. The maximum absolute atomic E-state index is 13.5. The predicted octanol–water partition coefficient (Wildman–Crippen LogP) is 3.53. The predicted molar refractivity (Wildman–Crippen MR) is 139 cm³/mol. The standard InChI is InChI=1S/C29H49N3O4/c30-18-19-5-4-6-21(15-19)20-11-13-32(14-12-20)27(33)26-16-22-9-10-24(17-25(22)31-26)29(36,28(34)35)23-7-2-1-3-8-23/h19-26,31,36H,1-18,30H2,(H,34,35). The van der Waals surface area contributed by atoms with Gasteiger partial charge in [-0.1, -0.05) is 32.1 Å². The molecule has 0 aromatic rings. The second-order valence-electron chi connectivity index (χ2n) is 13.0. The molecule has 5 rings (SSSR count). The molecule has 2 saturated heterocycles. The first-order chi connectivity index (χ1) is 17.4. The minimum Gasteiger partial charge on any atom is -0.479 e. The van der Waals surface area contributed by atoms with Crippen molar-refractivity contribution in [2.45, 2.75) is 114 Å². The third-order valence-electron chi connectivity index (χ3n) is 11.1. The number of fused-ring (bicyclic) bond motifs is 1. The molecule has 0 aromatic carbocycles. The summed E-state index contributed by atoms with van der Waals surface area (Å²) in [6, 6.07) is -0.0145. The van der Waals surface area contributed by atoms with Crippen LogP contribution in [0.5, 0.6) is 0 Å². The summed E-state index contributed by atoms with van der Waals surface area (Å²) in [5.74, 6) is 1.44. The van der Waals surface area contributed by atoms with Crippen LogP contribution in [0.25, 0.3) is 0 Å². The molecule has 1 amide bonds. The van der Waals surface area contributed by atoms with Crippen molar-refractivity contribution in [2.75, 3.05) is 19.6 Å². The zero-order valence-electron chi connectivity index (χ0n) is 22.1. The second kappa shape index (κ2) is 11.3. The van der Waals surface area contributed by atoms with E-state index in [1.54, 1.807) is 0 Å². The largest absolute Gasteiger partial charge is 0.479 e. The van der Waals surface area contributed by atoms with Crippen LogP contribution in [0.15, 0.2) is 0 Å². The van der Waals surface area contributed by atoms with Crippen LogP contribution < -0.4 is 11.1 Å². The summed E-state index contributed by atoms with van der Waals surface area (Å²) in [5.41, 5.74) is 4.33. The van der Waals surface area contributed by atoms with Gasteiger partial charge in [0.15, 0.2) is 5.60 Å². The summed E-state index contributed by atoms with van der Waals surface area (Å²) in [4.78, 5) is 27.9. The molecule has 5 N–H and O–H groups in total. The highest BCUT2D eigenvalue weighted by atomic mass is 16.4. The van der Waals surface area contributed by atoms with Gasteiger partial charge in [-0.3, -0.25) is 4.79 Å². The summed E-state index contributed by atoms with van der Waals surface area (Å²) in [6.45, 7) is 2.54. The van der Waals surface area contributed by atoms with Crippen molar-refractivity contribution < 1.29 is 19.8 Å². The molecule has 3 saturated carbocycles. The Morgan fingerprint density at radius 1 is 0.806 bits per heavy atom. The molecule has 7 atom stereocenters. The van der Waals surface area contributed by atoms with Crippen molar-refractivity contribution in [1.82, 2.24) is 10.2 Å². The Balaban J connectivity index is 1.14. The first-order valence-electron chi connectivity index (χ1n) is 15.1. The minimum atomic E-state index is -1.63. The van der Waals surface area contributed by atoms with Crippen LogP contribution >= 0.6 is 0 Å². The van der Waals surface area contributed by atoms with E-state index in [4.69, 9.17) is 5.73 Å². The van der Waals surface area contributed by atoms with Crippen LogP contribution in [0.4, 0.5) is 0 Å². The lowest BCUT2D eigenvalue weighted by atomic mass is 9.64. The number of carboxylic acid groups (broad SMARTS) is 1. The van der Waals surface area contributed by atoms with Gasteiger partial charge in [0.25, 0.3) is 0 Å². The number of hydrogen-bond acceptors (Lipinski definition) is 5. The van der Waals surface area contributed by atoms with Gasteiger partial charge in [-0.15, -0.1) is 0 Å². The average molecular weight is 504 g/mol. The number of nitrogens with zero attached hydrogens (tertiary/aromatic N) is 1. The Morgan fingerprint density at radius 2 is 1.56 bits per heavy atom. The van der Waals surface area contributed by atoms with E-state index in [2.05, 4.69) is 10.2 Å². The summed E-state index contributed by atoms with van der Waals surface area (Å²) >= 11 is 0. The fourth-order valence-corrected chi connectivity index (χ4v) is 8.93. The number of aliphatic carboxylic acids is 1. The van der Waals surface area contributed by atoms with Crippen LogP contribution in [0.1, 0.15) is 96.3 Å². The normalized spacial score (nSPS) is 38.3. The number of amides is 1. The van der Waals surface area contributed by atoms with E-state index in [-0.39, 0.29) is 29.8 Å². The Labute approximate surface area is 216 Å². The summed E-state index contributed by atoms with van der Waals surface area (Å²) in [7, 11) is 0. The van der Waals surface area contributed by atoms with Crippen molar-refractivity contribution in [2.24, 2.45) is 41.2 Å². The third kappa shape index (κ3) is 5.22. The number of nitrogens with one attached hydrogen (secondary N) is 1. The maximum Gasteiger partial charge on any atom is 0.336 e. The summed E-state index contributed by atoms with van der Waals surface area (Å²) in [5, 5.41) is 25.2. The lowest BCUT2D eigenvalue weighted by molar-refractivity contribution is -0.179. The SMILES string of the molecule is NCC1CCCC(C2CCN(C(=O)C3CC4CCC(C(O)(C(=O)O)C5CCCCC5)CC4N3)CC2)C1. The lowest BCUT2D eigenvalue weighted by Gasteiger charge is -2.44. The number of likely N-dealkylation sites (tertiary alicyclic amines) is 1. The molecular formula is C29H49N3O4. The van der Waals surface area contributed by atoms with Crippen LogP contribution in [0.3, 0.4) is 0 Å². The number of aliphatic hydroxyl groups is 1. The summed E-state index contributed by atoms with van der Waals surface area (Å²) < 4.78 is 0. The van der Waals surface area contributed by atoms with E-state index in [1.807, 2.05) is 0 Å². The molecule has 7 nitrogen and oxygen atoms in total. The van der Waals surface area contributed by atoms with E-state index in [1.165, 1.54) is 25.7 Å². The van der Waals surface area contributed by atoms with E-state index in [9.17, 15) is 19.8 Å². The van der Waals surface area contributed by atoms with Crippen molar-refractivity contribution in [3.63, 3.8) is 0 Å². The monoisotopic (exact) mass is 503 g/mol. The summed E-state index contributed by atoms with van der Waals surface area (Å²) in [6.07, 6.45) is 15.4. The Bertz CT molecular complexity index is 778. The fraction of sp³-hybridized carbons (Fsp3) is 0.931. The maximum atomic E-state index is 13.5. The molecule has 2 aliphatic heterocycles. The van der Waals surface area contributed by atoms with Gasteiger partial charge in [0, 0.05) is 25.0 Å². The Kier molecular flexibility index (Phi) is 8.28. The number of nitrogens with two attached hydrogens (primary N) is 1. The molecule has 3 aliphatic carbocycles. The highest BCUT2D eigenvalue weighted by molar-refractivity contribution is 5.82. The average Bonchev–Trinajstić information content (AvgIpc) is 3.36. The molecule has 5 fully saturated rings. The molecule has 36 heavy (non-hydrogen) atoms. The quantitative estimate of drug-likeness (QED) is 0.441.